The molecule has 148 valence electrons. The second kappa shape index (κ2) is 7.60. The van der Waals surface area contributed by atoms with Crippen LogP contribution in [-0.2, 0) is 16.1 Å². The molecule has 2 aliphatic rings. The molecule has 2 aliphatic heterocycles. The number of hydrogen-bond donors (Lipinski definition) is 1. The van der Waals surface area contributed by atoms with Gasteiger partial charge < -0.3 is 15.0 Å². The lowest BCUT2D eigenvalue weighted by Crippen LogP contribution is -2.63. The van der Waals surface area contributed by atoms with E-state index >= 15 is 0 Å². The maximum atomic E-state index is 12.7. The van der Waals surface area contributed by atoms with Gasteiger partial charge in [0.2, 0.25) is 5.91 Å². The van der Waals surface area contributed by atoms with Gasteiger partial charge in [-0.1, -0.05) is 0 Å². The molecular formula is C20H24N4O3S. The van der Waals surface area contributed by atoms with Gasteiger partial charge in [0.05, 0.1) is 30.4 Å². The first-order chi connectivity index (χ1) is 13.4. The third kappa shape index (κ3) is 3.93. The number of ether oxygens (including phenoxy) is 1. The summed E-state index contributed by atoms with van der Waals surface area (Å²) in [5, 5.41) is 3.86. The third-order valence-corrected chi connectivity index (χ3v) is 6.40. The van der Waals surface area contributed by atoms with Crippen molar-refractivity contribution in [2.24, 2.45) is 5.92 Å². The monoisotopic (exact) mass is 400 g/mol. The number of hydrogen-bond acceptors (Lipinski definition) is 6. The van der Waals surface area contributed by atoms with Crippen LogP contribution in [0.15, 0.2) is 24.5 Å². The van der Waals surface area contributed by atoms with Crippen molar-refractivity contribution in [3.8, 4) is 0 Å². The number of aromatic nitrogens is 2. The zero-order valence-corrected chi connectivity index (χ0v) is 16.9. The van der Waals surface area contributed by atoms with Crippen LogP contribution in [0.4, 0.5) is 0 Å². The van der Waals surface area contributed by atoms with Crippen LogP contribution in [0.25, 0.3) is 0 Å². The Morgan fingerprint density at radius 1 is 1.32 bits per heavy atom. The molecule has 4 heterocycles. The fraction of sp³-hybridized carbons (Fsp3) is 0.500. The Morgan fingerprint density at radius 3 is 2.75 bits per heavy atom. The van der Waals surface area contributed by atoms with Gasteiger partial charge in [-0.2, -0.15) is 0 Å². The smallest absolute Gasteiger partial charge is 0.266 e. The van der Waals surface area contributed by atoms with E-state index in [-0.39, 0.29) is 23.3 Å². The number of nitrogens with zero attached hydrogens (tertiary/aromatic N) is 3. The minimum Gasteiger partial charge on any atom is -0.371 e. The van der Waals surface area contributed by atoms with Crippen molar-refractivity contribution < 1.29 is 14.3 Å². The van der Waals surface area contributed by atoms with Crippen LogP contribution in [0, 0.1) is 19.8 Å². The number of nitrogens with one attached hydrogen (secondary N) is 1. The highest BCUT2D eigenvalue weighted by molar-refractivity contribution is 7.13. The summed E-state index contributed by atoms with van der Waals surface area (Å²) in [6.45, 7) is 6.06. The number of likely N-dealkylation sites (tertiary alicyclic amines) is 1. The molecule has 0 bridgehead atoms. The number of amides is 2. The van der Waals surface area contributed by atoms with E-state index in [0.717, 1.165) is 27.6 Å². The van der Waals surface area contributed by atoms with Crippen LogP contribution in [0.1, 0.15) is 38.8 Å². The first-order valence-electron chi connectivity index (χ1n) is 9.47. The maximum Gasteiger partial charge on any atom is 0.266 e. The molecule has 0 saturated carbocycles. The van der Waals surface area contributed by atoms with Crippen LogP contribution in [-0.4, -0.2) is 52.0 Å². The highest BCUT2D eigenvalue weighted by atomic mass is 32.1. The topological polar surface area (TPSA) is 84.4 Å². The van der Waals surface area contributed by atoms with E-state index in [2.05, 4.69) is 15.3 Å². The zero-order valence-electron chi connectivity index (χ0n) is 16.1. The van der Waals surface area contributed by atoms with Crippen molar-refractivity contribution in [3.63, 3.8) is 0 Å². The average molecular weight is 401 g/mol. The van der Waals surface area contributed by atoms with E-state index in [9.17, 15) is 9.59 Å². The summed E-state index contributed by atoms with van der Waals surface area (Å²) in [6, 6.07) is 3.78. The summed E-state index contributed by atoms with van der Waals surface area (Å²) in [5.41, 5.74) is 1.55. The molecule has 2 saturated heterocycles. The van der Waals surface area contributed by atoms with Gasteiger partial charge in [-0.05, 0) is 43.9 Å². The van der Waals surface area contributed by atoms with Crippen molar-refractivity contribution in [3.05, 3.63) is 45.7 Å². The first-order valence-corrected chi connectivity index (χ1v) is 10.3. The molecule has 28 heavy (non-hydrogen) atoms. The largest absolute Gasteiger partial charge is 0.371 e. The van der Waals surface area contributed by atoms with Gasteiger partial charge >= 0.3 is 0 Å². The molecular weight excluding hydrogens is 376 g/mol. The fourth-order valence-electron chi connectivity index (χ4n) is 3.99. The molecule has 2 fully saturated rings. The lowest BCUT2D eigenvalue weighted by Gasteiger charge is -2.47. The molecule has 1 spiro atoms. The molecule has 7 nitrogen and oxygen atoms in total. The van der Waals surface area contributed by atoms with E-state index in [1.807, 2.05) is 30.9 Å². The van der Waals surface area contributed by atoms with Gasteiger partial charge in [0.25, 0.3) is 5.91 Å². The van der Waals surface area contributed by atoms with E-state index in [4.69, 9.17) is 4.74 Å². The van der Waals surface area contributed by atoms with Crippen molar-refractivity contribution in [1.82, 2.24) is 20.2 Å². The number of thiazole rings is 1. The van der Waals surface area contributed by atoms with E-state index in [1.165, 1.54) is 11.3 Å². The molecule has 2 aromatic heterocycles. The summed E-state index contributed by atoms with van der Waals surface area (Å²) in [7, 11) is 0. The standard InChI is InChI=1S/C20H24N4O3S/c1-13-18(28-14(2)23-13)19(26)24-11-20(12-24)8-16(10-27-20)7-17(25)22-9-15-3-5-21-6-4-15/h3-6,16H,7-12H2,1-2H3,(H,22,25). The summed E-state index contributed by atoms with van der Waals surface area (Å²) in [5.74, 6) is 0.267. The van der Waals surface area contributed by atoms with Gasteiger partial charge in [0.1, 0.15) is 10.5 Å². The van der Waals surface area contributed by atoms with Gasteiger partial charge in [-0.3, -0.25) is 14.6 Å². The molecule has 1 N–H and O–H groups in total. The molecule has 1 unspecified atom stereocenters. The molecule has 4 rings (SSSR count). The van der Waals surface area contributed by atoms with Crippen LogP contribution < -0.4 is 5.32 Å². The normalized spacial score (nSPS) is 20.2. The minimum absolute atomic E-state index is 0.0329. The Kier molecular flexibility index (Phi) is 5.16. The fourth-order valence-corrected chi connectivity index (χ4v) is 4.88. The quantitative estimate of drug-likeness (QED) is 0.831. The van der Waals surface area contributed by atoms with Crippen LogP contribution in [0.2, 0.25) is 0 Å². The van der Waals surface area contributed by atoms with E-state index in [0.29, 0.717) is 32.7 Å². The Bertz CT molecular complexity index is 877. The number of pyridine rings is 1. The van der Waals surface area contributed by atoms with Crippen LogP contribution in [0.3, 0.4) is 0 Å². The Hall–Kier alpha value is -2.32. The molecule has 0 aromatic carbocycles. The Labute approximate surface area is 168 Å². The Morgan fingerprint density at radius 2 is 2.07 bits per heavy atom. The van der Waals surface area contributed by atoms with E-state index in [1.54, 1.807) is 12.4 Å². The summed E-state index contributed by atoms with van der Waals surface area (Å²) < 4.78 is 6.01. The average Bonchev–Trinajstić information content (AvgIpc) is 3.22. The number of carbonyl (C=O) groups excluding carboxylic acids is 2. The van der Waals surface area contributed by atoms with Gasteiger partial charge in [0.15, 0.2) is 0 Å². The van der Waals surface area contributed by atoms with Gasteiger partial charge in [-0.15, -0.1) is 11.3 Å². The van der Waals surface area contributed by atoms with Crippen LogP contribution >= 0.6 is 11.3 Å². The molecule has 8 heteroatoms. The second-order valence-corrected chi connectivity index (χ2v) is 8.91. The van der Waals surface area contributed by atoms with Crippen molar-refractivity contribution in [2.45, 2.75) is 38.8 Å². The first kappa shape index (κ1) is 19.0. The third-order valence-electron chi connectivity index (χ3n) is 5.34. The van der Waals surface area contributed by atoms with Gasteiger partial charge in [0, 0.05) is 25.4 Å². The van der Waals surface area contributed by atoms with E-state index < -0.39 is 0 Å². The highest BCUT2D eigenvalue weighted by Gasteiger charge is 2.51. The number of aryl methyl sites for hydroxylation is 2. The highest BCUT2D eigenvalue weighted by Crippen LogP contribution is 2.40. The summed E-state index contributed by atoms with van der Waals surface area (Å²) in [4.78, 5) is 35.7. The SMILES string of the molecule is Cc1nc(C)c(C(=O)N2CC3(CC(CC(=O)NCc4ccncc4)CO3)C2)s1. The number of carbonyl (C=O) groups is 2. The zero-order chi connectivity index (χ0) is 19.7. The maximum absolute atomic E-state index is 12.7. The predicted molar refractivity (Wildman–Crippen MR) is 105 cm³/mol. The summed E-state index contributed by atoms with van der Waals surface area (Å²) in [6.07, 6.45) is 4.71. The second-order valence-electron chi connectivity index (χ2n) is 7.71. The van der Waals surface area contributed by atoms with Crippen molar-refractivity contribution >= 4 is 23.2 Å². The number of rotatable bonds is 5. The van der Waals surface area contributed by atoms with Gasteiger partial charge in [-0.25, -0.2) is 4.98 Å². The molecule has 0 radical (unpaired) electrons. The lowest BCUT2D eigenvalue weighted by molar-refractivity contribution is -0.122. The lowest BCUT2D eigenvalue weighted by atomic mass is 9.85. The Balaban J connectivity index is 1.24. The molecule has 2 amide bonds. The molecule has 0 aliphatic carbocycles. The van der Waals surface area contributed by atoms with Crippen LogP contribution in [0.5, 0.6) is 0 Å². The minimum atomic E-state index is -0.278. The summed E-state index contributed by atoms with van der Waals surface area (Å²) >= 11 is 1.44. The predicted octanol–water partition coefficient (Wildman–Crippen LogP) is 2.09. The molecule has 2 aromatic rings. The van der Waals surface area contributed by atoms with Crippen molar-refractivity contribution in [1.29, 1.82) is 0 Å². The van der Waals surface area contributed by atoms with Crippen molar-refractivity contribution in [2.75, 3.05) is 19.7 Å². The molecule has 1 atom stereocenters.